The van der Waals surface area contributed by atoms with E-state index in [4.69, 9.17) is 5.73 Å². The van der Waals surface area contributed by atoms with Crippen molar-refractivity contribution in [2.75, 3.05) is 55.8 Å². The molecule has 3 heterocycles. The molecule has 2 saturated heterocycles. The monoisotopic (exact) mass is 438 g/mol. The van der Waals surface area contributed by atoms with Crippen molar-refractivity contribution in [2.45, 2.75) is 25.3 Å². The molecular formula is C23H30N6OS. The number of hydrogen-bond donors (Lipinski definition) is 1. The van der Waals surface area contributed by atoms with Gasteiger partial charge < -0.3 is 15.5 Å². The molecule has 0 aliphatic carbocycles. The van der Waals surface area contributed by atoms with Gasteiger partial charge in [-0.25, -0.2) is 4.98 Å². The predicted octanol–water partition coefficient (Wildman–Crippen LogP) is 2.26. The van der Waals surface area contributed by atoms with E-state index >= 15 is 0 Å². The fraction of sp³-hybridized carbons (Fsp3) is 0.522. The number of unbranched alkanes of at least 4 members (excludes halogenated alkanes) is 1. The summed E-state index contributed by atoms with van der Waals surface area (Å²) in [4.78, 5) is 23.6. The van der Waals surface area contributed by atoms with Crippen LogP contribution in [-0.4, -0.2) is 77.6 Å². The number of nitriles is 1. The Morgan fingerprint density at radius 2 is 1.94 bits per heavy atom. The molecule has 2 aromatic rings. The Bertz CT molecular complexity index is 947. The van der Waals surface area contributed by atoms with Crippen molar-refractivity contribution < 1.29 is 4.79 Å². The second-order valence-electron chi connectivity index (χ2n) is 8.22. The van der Waals surface area contributed by atoms with Gasteiger partial charge in [-0.3, -0.25) is 9.69 Å². The molecule has 1 unspecified atom stereocenters. The summed E-state index contributed by atoms with van der Waals surface area (Å²) >= 11 is 1.80. The topological polar surface area (TPSA) is 89.5 Å². The van der Waals surface area contributed by atoms with Gasteiger partial charge in [0.25, 0.3) is 0 Å². The van der Waals surface area contributed by atoms with E-state index in [1.54, 1.807) is 18.0 Å². The van der Waals surface area contributed by atoms with Crippen LogP contribution in [0.25, 0.3) is 10.8 Å². The van der Waals surface area contributed by atoms with Crippen LogP contribution in [0.4, 0.5) is 5.82 Å². The summed E-state index contributed by atoms with van der Waals surface area (Å²) < 4.78 is 0. The summed E-state index contributed by atoms with van der Waals surface area (Å²) in [5.41, 5.74) is 6.74. The van der Waals surface area contributed by atoms with Crippen LogP contribution < -0.4 is 10.6 Å². The number of anilines is 1. The van der Waals surface area contributed by atoms with Gasteiger partial charge in [0.2, 0.25) is 5.91 Å². The molecule has 7 nitrogen and oxygen atoms in total. The molecule has 0 bridgehead atoms. The molecule has 8 heteroatoms. The maximum atomic E-state index is 12.3. The van der Waals surface area contributed by atoms with E-state index in [-0.39, 0.29) is 11.9 Å². The number of pyridine rings is 1. The number of hydrogen-bond acceptors (Lipinski definition) is 7. The van der Waals surface area contributed by atoms with Crippen molar-refractivity contribution in [1.29, 1.82) is 5.26 Å². The van der Waals surface area contributed by atoms with E-state index in [9.17, 15) is 10.1 Å². The van der Waals surface area contributed by atoms with Gasteiger partial charge in [0, 0.05) is 55.4 Å². The third-order valence-corrected chi connectivity index (χ3v) is 7.15. The number of benzene rings is 1. The Hall–Kier alpha value is -2.34. The molecule has 2 aliphatic heterocycles. The van der Waals surface area contributed by atoms with Crippen molar-refractivity contribution in [3.8, 4) is 6.07 Å². The molecule has 0 spiro atoms. The first-order valence-corrected chi connectivity index (χ1v) is 12.2. The molecule has 1 amide bonds. The molecule has 0 saturated carbocycles. The normalized spacial score (nSPS) is 18.3. The quantitative estimate of drug-likeness (QED) is 0.663. The first-order chi connectivity index (χ1) is 15.2. The Morgan fingerprint density at radius 1 is 1.16 bits per heavy atom. The molecule has 1 aromatic carbocycles. The number of carbonyl (C=O) groups excluding carboxylic acids is 1. The summed E-state index contributed by atoms with van der Waals surface area (Å²) in [6.07, 6.45) is 4.50. The van der Waals surface area contributed by atoms with Gasteiger partial charge in [-0.2, -0.15) is 5.26 Å². The third kappa shape index (κ3) is 5.12. The molecule has 31 heavy (non-hydrogen) atoms. The maximum Gasteiger partial charge on any atom is 0.240 e. The standard InChI is InChI=1S/C23H30N6OS/c24-15-18-16-26-22(20-6-2-1-5-19(18)20)28-11-9-27(10-12-28)8-4-3-7-21(25)23(30)29-13-14-31-17-29/h1-2,5-6,16,21H,3-4,7-14,17,25H2. The average Bonchev–Trinajstić information content (AvgIpc) is 3.36. The summed E-state index contributed by atoms with van der Waals surface area (Å²) in [6, 6.07) is 9.90. The van der Waals surface area contributed by atoms with Crippen LogP contribution in [0.15, 0.2) is 30.5 Å². The third-order valence-electron chi connectivity index (χ3n) is 6.19. The lowest BCUT2D eigenvalue weighted by Gasteiger charge is -2.36. The molecule has 2 N–H and O–H groups in total. The van der Waals surface area contributed by atoms with E-state index in [1.807, 2.05) is 23.1 Å². The lowest BCUT2D eigenvalue weighted by atomic mass is 10.1. The van der Waals surface area contributed by atoms with Crippen molar-refractivity contribution in [1.82, 2.24) is 14.8 Å². The van der Waals surface area contributed by atoms with E-state index in [0.717, 1.165) is 86.8 Å². The summed E-state index contributed by atoms with van der Waals surface area (Å²) in [5, 5.41) is 11.4. The smallest absolute Gasteiger partial charge is 0.240 e. The largest absolute Gasteiger partial charge is 0.354 e. The predicted molar refractivity (Wildman–Crippen MR) is 126 cm³/mol. The van der Waals surface area contributed by atoms with Gasteiger partial charge in [0.15, 0.2) is 0 Å². The molecule has 2 aliphatic rings. The summed E-state index contributed by atoms with van der Waals surface area (Å²) in [5.74, 6) is 2.90. The van der Waals surface area contributed by atoms with Gasteiger partial charge >= 0.3 is 0 Å². The Balaban J connectivity index is 1.23. The zero-order chi connectivity index (χ0) is 21.6. The van der Waals surface area contributed by atoms with Crippen molar-refractivity contribution >= 4 is 34.3 Å². The van der Waals surface area contributed by atoms with Crippen LogP contribution in [0.2, 0.25) is 0 Å². The summed E-state index contributed by atoms with van der Waals surface area (Å²) in [6.45, 7) is 5.71. The van der Waals surface area contributed by atoms with Crippen LogP contribution >= 0.6 is 11.8 Å². The zero-order valence-electron chi connectivity index (χ0n) is 17.9. The molecule has 0 radical (unpaired) electrons. The highest BCUT2D eigenvalue weighted by atomic mass is 32.2. The van der Waals surface area contributed by atoms with Gasteiger partial charge in [0.05, 0.1) is 17.5 Å². The Kier molecular flexibility index (Phi) is 7.28. The number of nitrogens with zero attached hydrogens (tertiary/aromatic N) is 5. The van der Waals surface area contributed by atoms with E-state index in [0.29, 0.717) is 5.56 Å². The van der Waals surface area contributed by atoms with E-state index in [1.165, 1.54) is 0 Å². The highest BCUT2D eigenvalue weighted by Crippen LogP contribution is 2.27. The number of aromatic nitrogens is 1. The first-order valence-electron chi connectivity index (χ1n) is 11.0. The zero-order valence-corrected chi connectivity index (χ0v) is 18.7. The van der Waals surface area contributed by atoms with Crippen molar-refractivity contribution in [3.63, 3.8) is 0 Å². The fourth-order valence-electron chi connectivity index (χ4n) is 4.35. The molecule has 4 rings (SSSR count). The number of carbonyl (C=O) groups is 1. The Morgan fingerprint density at radius 3 is 2.65 bits per heavy atom. The molecule has 1 aromatic heterocycles. The van der Waals surface area contributed by atoms with Crippen molar-refractivity contribution in [2.24, 2.45) is 5.73 Å². The molecule has 164 valence electrons. The minimum Gasteiger partial charge on any atom is -0.354 e. The fourth-order valence-corrected chi connectivity index (χ4v) is 5.30. The second kappa shape index (κ2) is 10.3. The Labute approximate surface area is 188 Å². The second-order valence-corrected chi connectivity index (χ2v) is 9.30. The minimum atomic E-state index is -0.355. The number of amides is 1. The van der Waals surface area contributed by atoms with Crippen LogP contribution in [0, 0.1) is 11.3 Å². The maximum absolute atomic E-state index is 12.3. The van der Waals surface area contributed by atoms with E-state index in [2.05, 4.69) is 26.9 Å². The average molecular weight is 439 g/mol. The van der Waals surface area contributed by atoms with Gasteiger partial charge in [-0.15, -0.1) is 11.8 Å². The number of thioether (sulfide) groups is 1. The molecular weight excluding hydrogens is 408 g/mol. The van der Waals surface area contributed by atoms with Crippen LogP contribution in [0.3, 0.4) is 0 Å². The van der Waals surface area contributed by atoms with Crippen LogP contribution in [0.5, 0.6) is 0 Å². The molecule has 1 atom stereocenters. The SMILES string of the molecule is N#Cc1cnc(N2CCN(CCCCC(N)C(=O)N3CCSC3)CC2)c2ccccc12. The number of rotatable bonds is 7. The summed E-state index contributed by atoms with van der Waals surface area (Å²) in [7, 11) is 0. The van der Waals surface area contributed by atoms with E-state index < -0.39 is 0 Å². The number of fused-ring (bicyclic) bond motifs is 1. The van der Waals surface area contributed by atoms with Crippen LogP contribution in [-0.2, 0) is 4.79 Å². The highest BCUT2D eigenvalue weighted by Gasteiger charge is 2.24. The molecule has 2 fully saturated rings. The first kappa shape index (κ1) is 21.9. The van der Waals surface area contributed by atoms with Gasteiger partial charge in [0.1, 0.15) is 11.9 Å². The highest BCUT2D eigenvalue weighted by molar-refractivity contribution is 7.99. The van der Waals surface area contributed by atoms with Crippen molar-refractivity contribution in [3.05, 3.63) is 36.0 Å². The minimum absolute atomic E-state index is 0.112. The van der Waals surface area contributed by atoms with Gasteiger partial charge in [-0.1, -0.05) is 30.7 Å². The lowest BCUT2D eigenvalue weighted by molar-refractivity contribution is -0.131. The lowest BCUT2D eigenvalue weighted by Crippen LogP contribution is -2.47. The van der Waals surface area contributed by atoms with Crippen LogP contribution in [0.1, 0.15) is 24.8 Å². The number of piperazine rings is 1. The number of nitrogens with two attached hydrogens (primary N) is 1. The van der Waals surface area contributed by atoms with Gasteiger partial charge in [-0.05, 0) is 19.4 Å².